The van der Waals surface area contributed by atoms with Crippen molar-refractivity contribution in [1.29, 1.82) is 0 Å². The van der Waals surface area contributed by atoms with Crippen LogP contribution in [0.5, 0.6) is 5.75 Å². The van der Waals surface area contributed by atoms with E-state index in [4.69, 9.17) is 5.11 Å². The molecule has 2 aromatic rings. The lowest BCUT2D eigenvalue weighted by Gasteiger charge is -2.16. The van der Waals surface area contributed by atoms with E-state index in [1.807, 2.05) is 0 Å². The maximum Gasteiger partial charge on any atom is 0.337 e. The topological polar surface area (TPSA) is 108 Å². The zero-order valence-corrected chi connectivity index (χ0v) is 10.5. The summed E-state index contributed by atoms with van der Waals surface area (Å²) in [5, 5.41) is 18.5. The van der Waals surface area contributed by atoms with Crippen LogP contribution in [0.15, 0.2) is 36.7 Å². The van der Waals surface area contributed by atoms with Gasteiger partial charge in [0.2, 0.25) is 0 Å². The molecule has 1 aromatic heterocycles. The minimum atomic E-state index is -1.35. The molecule has 0 radical (unpaired) electrons. The van der Waals surface area contributed by atoms with Crippen molar-refractivity contribution >= 4 is 23.5 Å². The predicted octanol–water partition coefficient (Wildman–Crippen LogP) is 1.29. The third-order valence-electron chi connectivity index (χ3n) is 3.14. The van der Waals surface area contributed by atoms with Crippen molar-refractivity contribution in [2.24, 2.45) is 0 Å². The molecule has 21 heavy (non-hydrogen) atoms. The van der Waals surface area contributed by atoms with Crippen molar-refractivity contribution in [2.75, 3.05) is 4.90 Å². The van der Waals surface area contributed by atoms with Gasteiger partial charge in [0, 0.05) is 12.4 Å². The van der Waals surface area contributed by atoms with Crippen LogP contribution >= 0.6 is 0 Å². The quantitative estimate of drug-likeness (QED) is 0.804. The van der Waals surface area contributed by atoms with Crippen LogP contribution in [0.3, 0.4) is 0 Å². The lowest BCUT2D eigenvalue weighted by Crippen LogP contribution is -2.30. The molecule has 2 N–H and O–H groups in total. The Kier molecular flexibility index (Phi) is 2.69. The number of amides is 2. The number of rotatable bonds is 2. The number of phenols is 1. The third kappa shape index (κ3) is 1.83. The van der Waals surface area contributed by atoms with Gasteiger partial charge in [0.15, 0.2) is 0 Å². The first-order valence-corrected chi connectivity index (χ1v) is 5.90. The highest BCUT2D eigenvalue weighted by molar-refractivity contribution is 6.35. The van der Waals surface area contributed by atoms with Crippen molar-refractivity contribution in [3.05, 3.63) is 53.3 Å². The standard InChI is InChI=1S/C14H8N2O5/c17-7-1-2-11(9(5-7)14(20)21)16-12(18)8-3-4-15-6-10(8)13(16)19/h1-6,17H,(H,20,21). The summed E-state index contributed by atoms with van der Waals surface area (Å²) in [6.07, 6.45) is 2.64. The number of carboxylic acids is 1. The molecule has 2 heterocycles. The number of aromatic hydroxyl groups is 1. The van der Waals surface area contributed by atoms with Gasteiger partial charge in [0.1, 0.15) is 5.75 Å². The number of carbonyl (C=O) groups excluding carboxylic acids is 2. The molecule has 0 bridgehead atoms. The van der Waals surface area contributed by atoms with Gasteiger partial charge in [-0.15, -0.1) is 0 Å². The van der Waals surface area contributed by atoms with Crippen molar-refractivity contribution in [3.8, 4) is 5.75 Å². The van der Waals surface area contributed by atoms with Gasteiger partial charge in [-0.25, -0.2) is 9.69 Å². The number of phenolic OH excluding ortho intramolecular Hbond substituents is 1. The van der Waals surface area contributed by atoms with Gasteiger partial charge >= 0.3 is 5.97 Å². The fourth-order valence-electron chi connectivity index (χ4n) is 2.19. The number of hydrogen-bond donors (Lipinski definition) is 2. The molecule has 1 aromatic carbocycles. The molecule has 0 aliphatic carbocycles. The molecule has 7 heteroatoms. The van der Waals surface area contributed by atoms with Gasteiger partial charge in [-0.1, -0.05) is 0 Å². The molecule has 0 unspecified atom stereocenters. The van der Waals surface area contributed by atoms with E-state index in [1.165, 1.54) is 30.6 Å². The average Bonchev–Trinajstić information content (AvgIpc) is 2.72. The summed E-state index contributed by atoms with van der Waals surface area (Å²) in [5.74, 6) is -2.88. The number of carboxylic acid groups (broad SMARTS) is 1. The van der Waals surface area contributed by atoms with E-state index in [2.05, 4.69) is 4.98 Å². The third-order valence-corrected chi connectivity index (χ3v) is 3.14. The van der Waals surface area contributed by atoms with E-state index in [0.717, 1.165) is 11.0 Å². The molecule has 2 amide bonds. The molecular weight excluding hydrogens is 276 g/mol. The summed E-state index contributed by atoms with van der Waals surface area (Å²) in [5.41, 5.74) is -0.143. The van der Waals surface area contributed by atoms with E-state index in [1.54, 1.807) is 0 Å². The van der Waals surface area contributed by atoms with Crippen LogP contribution in [0.25, 0.3) is 0 Å². The Bertz CT molecular complexity index is 765. The Morgan fingerprint density at radius 3 is 2.48 bits per heavy atom. The van der Waals surface area contributed by atoms with Crippen LogP contribution in [0.2, 0.25) is 0 Å². The summed E-state index contributed by atoms with van der Waals surface area (Å²) < 4.78 is 0. The minimum Gasteiger partial charge on any atom is -0.508 e. The number of imide groups is 1. The molecule has 104 valence electrons. The highest BCUT2D eigenvalue weighted by Gasteiger charge is 2.38. The summed E-state index contributed by atoms with van der Waals surface area (Å²) in [7, 11) is 0. The molecular formula is C14H8N2O5. The molecule has 0 spiro atoms. The predicted molar refractivity (Wildman–Crippen MR) is 70.4 cm³/mol. The van der Waals surface area contributed by atoms with Gasteiger partial charge in [-0.2, -0.15) is 0 Å². The largest absolute Gasteiger partial charge is 0.508 e. The van der Waals surface area contributed by atoms with Crippen LogP contribution < -0.4 is 4.90 Å². The number of aromatic nitrogens is 1. The van der Waals surface area contributed by atoms with Crippen LogP contribution in [-0.4, -0.2) is 33.0 Å². The van der Waals surface area contributed by atoms with Crippen molar-refractivity contribution in [1.82, 2.24) is 4.98 Å². The molecule has 1 aliphatic heterocycles. The van der Waals surface area contributed by atoms with E-state index in [0.29, 0.717) is 0 Å². The van der Waals surface area contributed by atoms with Crippen LogP contribution in [0.4, 0.5) is 5.69 Å². The van der Waals surface area contributed by atoms with Crippen molar-refractivity contribution in [3.63, 3.8) is 0 Å². The van der Waals surface area contributed by atoms with Gasteiger partial charge in [-0.3, -0.25) is 14.6 Å². The molecule has 1 aliphatic rings. The van der Waals surface area contributed by atoms with E-state index >= 15 is 0 Å². The minimum absolute atomic E-state index is 0.0912. The normalized spacial score (nSPS) is 13.4. The lowest BCUT2D eigenvalue weighted by molar-refractivity contribution is 0.0697. The fourth-order valence-corrected chi connectivity index (χ4v) is 2.19. The average molecular weight is 284 g/mol. The Hall–Kier alpha value is -3.22. The number of nitrogens with zero attached hydrogens (tertiary/aromatic N) is 2. The summed E-state index contributed by atoms with van der Waals surface area (Å²) in [6.45, 7) is 0. The lowest BCUT2D eigenvalue weighted by atomic mass is 10.1. The number of pyridine rings is 1. The first-order valence-electron chi connectivity index (χ1n) is 5.90. The number of benzene rings is 1. The summed E-state index contributed by atoms with van der Waals surface area (Å²) >= 11 is 0. The molecule has 0 fully saturated rings. The number of hydrogen-bond acceptors (Lipinski definition) is 5. The van der Waals surface area contributed by atoms with Gasteiger partial charge in [-0.05, 0) is 24.3 Å². The Morgan fingerprint density at radius 2 is 1.81 bits per heavy atom. The fraction of sp³-hybridized carbons (Fsp3) is 0. The first-order chi connectivity index (χ1) is 10.0. The number of fused-ring (bicyclic) bond motifs is 1. The monoisotopic (exact) mass is 284 g/mol. The van der Waals surface area contributed by atoms with Gasteiger partial charge in [0.25, 0.3) is 11.8 Å². The molecule has 3 rings (SSSR count). The Labute approximate surface area is 118 Å². The van der Waals surface area contributed by atoms with E-state index in [-0.39, 0.29) is 28.1 Å². The smallest absolute Gasteiger partial charge is 0.337 e. The summed E-state index contributed by atoms with van der Waals surface area (Å²) in [6, 6.07) is 4.81. The van der Waals surface area contributed by atoms with E-state index in [9.17, 15) is 19.5 Å². The van der Waals surface area contributed by atoms with Crippen LogP contribution in [0.1, 0.15) is 31.1 Å². The number of carbonyl (C=O) groups is 3. The SMILES string of the molecule is O=C(O)c1cc(O)ccc1N1C(=O)c2ccncc2C1=O. The Morgan fingerprint density at radius 1 is 1.10 bits per heavy atom. The maximum absolute atomic E-state index is 12.3. The van der Waals surface area contributed by atoms with Crippen molar-refractivity contribution in [2.45, 2.75) is 0 Å². The number of anilines is 1. The van der Waals surface area contributed by atoms with E-state index < -0.39 is 17.8 Å². The van der Waals surface area contributed by atoms with Gasteiger partial charge < -0.3 is 10.2 Å². The Balaban J connectivity index is 2.18. The van der Waals surface area contributed by atoms with Crippen LogP contribution in [-0.2, 0) is 0 Å². The van der Waals surface area contributed by atoms with Crippen LogP contribution in [0, 0.1) is 0 Å². The molecule has 0 saturated heterocycles. The first kappa shape index (κ1) is 12.8. The molecule has 7 nitrogen and oxygen atoms in total. The maximum atomic E-state index is 12.3. The van der Waals surface area contributed by atoms with Crippen molar-refractivity contribution < 1.29 is 24.6 Å². The van der Waals surface area contributed by atoms with Gasteiger partial charge in [0.05, 0.1) is 22.4 Å². The molecule has 0 atom stereocenters. The zero-order valence-electron chi connectivity index (χ0n) is 10.5. The second-order valence-corrected chi connectivity index (χ2v) is 4.37. The number of aromatic carboxylic acids is 1. The highest BCUT2D eigenvalue weighted by atomic mass is 16.4. The zero-order chi connectivity index (χ0) is 15.1. The second-order valence-electron chi connectivity index (χ2n) is 4.37. The summed E-state index contributed by atoms with van der Waals surface area (Å²) in [4.78, 5) is 40.4. The second kappa shape index (κ2) is 4.41. The highest BCUT2D eigenvalue weighted by Crippen LogP contribution is 2.32. The molecule has 0 saturated carbocycles.